The van der Waals surface area contributed by atoms with Gasteiger partial charge in [0.05, 0.1) is 19.9 Å². The summed E-state index contributed by atoms with van der Waals surface area (Å²) >= 11 is 0. The Morgan fingerprint density at radius 2 is 2.00 bits per heavy atom. The molecule has 0 fully saturated rings. The van der Waals surface area contributed by atoms with Crippen molar-refractivity contribution in [2.24, 2.45) is 5.10 Å². The molecule has 0 bridgehead atoms. The summed E-state index contributed by atoms with van der Waals surface area (Å²) < 4.78 is 11.1. The second-order valence-electron chi connectivity index (χ2n) is 5.63. The van der Waals surface area contributed by atoms with Crippen molar-refractivity contribution in [1.82, 2.24) is 5.43 Å². The standard InChI is InChI=1S/C20H24N2O3/c1-4-5-12-25-18-11-10-16(13-19(18)24-3)14-21-22-20(23)17-9-7-6-8-15(17)2/h6-11,13-14H,4-5,12H2,1-3H3,(H,22,23)/b21-14-. The van der Waals surface area contributed by atoms with E-state index in [2.05, 4.69) is 17.5 Å². The number of hydrogen-bond donors (Lipinski definition) is 1. The van der Waals surface area contributed by atoms with E-state index in [0.29, 0.717) is 23.7 Å². The van der Waals surface area contributed by atoms with E-state index in [-0.39, 0.29) is 5.91 Å². The van der Waals surface area contributed by atoms with Crippen molar-refractivity contribution in [3.8, 4) is 11.5 Å². The van der Waals surface area contributed by atoms with Crippen LogP contribution >= 0.6 is 0 Å². The van der Waals surface area contributed by atoms with E-state index in [1.165, 1.54) is 0 Å². The van der Waals surface area contributed by atoms with Crippen LogP contribution in [0.15, 0.2) is 47.6 Å². The summed E-state index contributed by atoms with van der Waals surface area (Å²) in [6.45, 7) is 4.67. The molecule has 0 radical (unpaired) electrons. The Bertz CT molecular complexity index is 741. The van der Waals surface area contributed by atoms with E-state index in [1.807, 2.05) is 43.3 Å². The van der Waals surface area contributed by atoms with E-state index >= 15 is 0 Å². The van der Waals surface area contributed by atoms with Crippen LogP contribution in [0.2, 0.25) is 0 Å². The number of ether oxygens (including phenoxy) is 2. The van der Waals surface area contributed by atoms with Gasteiger partial charge < -0.3 is 9.47 Å². The minimum absolute atomic E-state index is 0.235. The molecule has 1 N–H and O–H groups in total. The Hall–Kier alpha value is -2.82. The Morgan fingerprint density at radius 1 is 1.20 bits per heavy atom. The monoisotopic (exact) mass is 340 g/mol. The molecular formula is C20H24N2O3. The highest BCUT2D eigenvalue weighted by atomic mass is 16.5. The van der Waals surface area contributed by atoms with Crippen LogP contribution < -0.4 is 14.9 Å². The van der Waals surface area contributed by atoms with Gasteiger partial charge in [0.15, 0.2) is 11.5 Å². The number of hydrazone groups is 1. The number of nitrogens with one attached hydrogen (secondary N) is 1. The molecular weight excluding hydrogens is 316 g/mol. The highest BCUT2D eigenvalue weighted by Crippen LogP contribution is 2.27. The number of hydrogen-bond acceptors (Lipinski definition) is 4. The molecule has 0 aliphatic heterocycles. The van der Waals surface area contributed by atoms with Crippen molar-refractivity contribution in [1.29, 1.82) is 0 Å². The number of carbonyl (C=O) groups is 1. The third kappa shape index (κ3) is 5.35. The lowest BCUT2D eigenvalue weighted by Crippen LogP contribution is -2.18. The summed E-state index contributed by atoms with van der Waals surface area (Å²) in [5, 5.41) is 4.02. The molecule has 0 heterocycles. The summed E-state index contributed by atoms with van der Waals surface area (Å²) in [5.74, 6) is 1.11. The SMILES string of the molecule is CCCCOc1ccc(/C=N\NC(=O)c2ccccc2C)cc1OC. The zero-order chi connectivity index (χ0) is 18.1. The summed E-state index contributed by atoms with van der Waals surface area (Å²) in [4.78, 5) is 12.1. The predicted molar refractivity (Wildman–Crippen MR) is 99.6 cm³/mol. The van der Waals surface area contributed by atoms with Gasteiger partial charge in [0.25, 0.3) is 5.91 Å². The average molecular weight is 340 g/mol. The van der Waals surface area contributed by atoms with E-state index < -0.39 is 0 Å². The first-order valence-electron chi connectivity index (χ1n) is 8.35. The van der Waals surface area contributed by atoms with Gasteiger partial charge in [0, 0.05) is 5.56 Å². The average Bonchev–Trinajstić information content (AvgIpc) is 2.63. The number of methoxy groups -OCH3 is 1. The lowest BCUT2D eigenvalue weighted by atomic mass is 10.1. The van der Waals surface area contributed by atoms with Gasteiger partial charge in [-0.2, -0.15) is 5.10 Å². The molecule has 0 atom stereocenters. The summed E-state index contributed by atoms with van der Waals surface area (Å²) in [5.41, 5.74) is 4.87. The van der Waals surface area contributed by atoms with E-state index in [1.54, 1.807) is 19.4 Å². The number of unbranched alkanes of at least 4 members (excludes halogenated alkanes) is 1. The lowest BCUT2D eigenvalue weighted by Gasteiger charge is -2.10. The Labute approximate surface area is 148 Å². The van der Waals surface area contributed by atoms with Gasteiger partial charge in [-0.25, -0.2) is 5.43 Å². The first kappa shape index (κ1) is 18.5. The van der Waals surface area contributed by atoms with Gasteiger partial charge in [-0.15, -0.1) is 0 Å². The van der Waals surface area contributed by atoms with Gasteiger partial charge in [-0.3, -0.25) is 4.79 Å². The lowest BCUT2D eigenvalue weighted by molar-refractivity contribution is 0.0954. The van der Waals surface area contributed by atoms with Crippen LogP contribution in [0.25, 0.3) is 0 Å². The molecule has 25 heavy (non-hydrogen) atoms. The molecule has 132 valence electrons. The first-order chi connectivity index (χ1) is 12.2. The molecule has 0 saturated carbocycles. The van der Waals surface area contributed by atoms with Crippen LogP contribution in [0.1, 0.15) is 41.3 Å². The molecule has 5 nitrogen and oxygen atoms in total. The maximum absolute atomic E-state index is 12.1. The fourth-order valence-electron chi connectivity index (χ4n) is 2.26. The summed E-state index contributed by atoms with van der Waals surface area (Å²) in [7, 11) is 1.60. The molecule has 0 aliphatic rings. The van der Waals surface area contributed by atoms with Crippen LogP contribution in [0.4, 0.5) is 0 Å². The fraction of sp³-hybridized carbons (Fsp3) is 0.300. The van der Waals surface area contributed by atoms with E-state index in [0.717, 1.165) is 24.0 Å². The summed E-state index contributed by atoms with van der Waals surface area (Å²) in [6.07, 6.45) is 3.65. The first-order valence-corrected chi connectivity index (χ1v) is 8.35. The molecule has 0 saturated heterocycles. The second-order valence-corrected chi connectivity index (χ2v) is 5.63. The highest BCUT2D eigenvalue weighted by Gasteiger charge is 2.07. The van der Waals surface area contributed by atoms with Gasteiger partial charge in [-0.05, 0) is 48.7 Å². The van der Waals surface area contributed by atoms with Crippen molar-refractivity contribution in [3.63, 3.8) is 0 Å². The van der Waals surface area contributed by atoms with E-state index in [4.69, 9.17) is 9.47 Å². The second kappa shape index (κ2) is 9.47. The molecule has 0 aliphatic carbocycles. The van der Waals surface area contributed by atoms with Crippen LogP contribution in [0.5, 0.6) is 11.5 Å². The molecule has 0 unspecified atom stereocenters. The molecule has 5 heteroatoms. The number of carbonyl (C=O) groups excluding carboxylic acids is 1. The molecule has 2 aromatic carbocycles. The Balaban J connectivity index is 2.01. The van der Waals surface area contributed by atoms with Crippen molar-refractivity contribution in [2.75, 3.05) is 13.7 Å². The fourth-order valence-corrected chi connectivity index (χ4v) is 2.26. The van der Waals surface area contributed by atoms with Crippen molar-refractivity contribution < 1.29 is 14.3 Å². The number of amides is 1. The smallest absolute Gasteiger partial charge is 0.271 e. The highest BCUT2D eigenvalue weighted by molar-refractivity contribution is 5.96. The Kier molecular flexibility index (Phi) is 7.01. The maximum Gasteiger partial charge on any atom is 0.271 e. The molecule has 0 spiro atoms. The third-order valence-electron chi connectivity index (χ3n) is 3.71. The van der Waals surface area contributed by atoms with E-state index in [9.17, 15) is 4.79 Å². The van der Waals surface area contributed by atoms with Crippen LogP contribution in [-0.4, -0.2) is 25.8 Å². The maximum atomic E-state index is 12.1. The van der Waals surface area contributed by atoms with Crippen LogP contribution in [0, 0.1) is 6.92 Å². The largest absolute Gasteiger partial charge is 0.493 e. The number of rotatable bonds is 8. The van der Waals surface area contributed by atoms with Gasteiger partial charge in [-0.1, -0.05) is 31.5 Å². The predicted octanol–water partition coefficient (Wildman–Crippen LogP) is 3.95. The summed E-state index contributed by atoms with van der Waals surface area (Å²) in [6, 6.07) is 12.9. The third-order valence-corrected chi connectivity index (χ3v) is 3.71. The van der Waals surface area contributed by atoms with Gasteiger partial charge >= 0.3 is 0 Å². The number of nitrogens with zero attached hydrogens (tertiary/aromatic N) is 1. The van der Waals surface area contributed by atoms with Crippen molar-refractivity contribution in [3.05, 3.63) is 59.2 Å². The Morgan fingerprint density at radius 3 is 2.72 bits per heavy atom. The van der Waals surface area contributed by atoms with Crippen molar-refractivity contribution >= 4 is 12.1 Å². The number of aryl methyl sites for hydroxylation is 1. The van der Waals surface area contributed by atoms with Crippen LogP contribution in [0.3, 0.4) is 0 Å². The molecule has 1 amide bonds. The van der Waals surface area contributed by atoms with Crippen molar-refractivity contribution in [2.45, 2.75) is 26.7 Å². The van der Waals surface area contributed by atoms with Gasteiger partial charge in [0.2, 0.25) is 0 Å². The van der Waals surface area contributed by atoms with Gasteiger partial charge in [0.1, 0.15) is 0 Å². The molecule has 2 rings (SSSR count). The minimum Gasteiger partial charge on any atom is -0.493 e. The topological polar surface area (TPSA) is 59.9 Å². The normalized spacial score (nSPS) is 10.7. The van der Waals surface area contributed by atoms with Crippen LogP contribution in [-0.2, 0) is 0 Å². The number of benzene rings is 2. The molecule has 0 aromatic heterocycles. The quantitative estimate of drug-likeness (QED) is 0.450. The zero-order valence-electron chi connectivity index (χ0n) is 14.9. The minimum atomic E-state index is -0.235. The molecule has 2 aromatic rings. The zero-order valence-corrected chi connectivity index (χ0v) is 14.9.